The van der Waals surface area contributed by atoms with Crippen LogP contribution in [0.2, 0.25) is 0 Å². The monoisotopic (exact) mass is 314 g/mol. The molecule has 0 bridgehead atoms. The van der Waals surface area contributed by atoms with Gasteiger partial charge in [-0.1, -0.05) is 19.3 Å². The van der Waals surface area contributed by atoms with Crippen LogP contribution in [0.25, 0.3) is 0 Å². The standard InChI is InChI=1S/C13H19BrN2S/c1-17-13(7-3-2-4-8-13)10-16-12-6-5-11(14)9-15-12/h5-6,9H,2-4,7-8,10H2,1H3,(H,15,16). The van der Waals surface area contributed by atoms with E-state index in [0.717, 1.165) is 16.8 Å². The highest BCUT2D eigenvalue weighted by molar-refractivity contribution is 9.10. The fraction of sp³-hybridized carbons (Fsp3) is 0.615. The molecule has 1 saturated carbocycles. The number of hydrogen-bond acceptors (Lipinski definition) is 3. The first-order valence-electron chi connectivity index (χ1n) is 6.15. The molecule has 2 rings (SSSR count). The Hall–Kier alpha value is -0.220. The largest absolute Gasteiger partial charge is 0.369 e. The molecule has 0 saturated heterocycles. The maximum Gasteiger partial charge on any atom is 0.126 e. The number of rotatable bonds is 4. The second-order valence-electron chi connectivity index (χ2n) is 4.66. The summed E-state index contributed by atoms with van der Waals surface area (Å²) in [5.41, 5.74) is 0. The van der Waals surface area contributed by atoms with Crippen molar-refractivity contribution in [3.05, 3.63) is 22.8 Å². The van der Waals surface area contributed by atoms with Gasteiger partial charge < -0.3 is 5.32 Å². The van der Waals surface area contributed by atoms with Crippen molar-refractivity contribution in [3.63, 3.8) is 0 Å². The van der Waals surface area contributed by atoms with E-state index >= 15 is 0 Å². The third kappa shape index (κ3) is 3.62. The summed E-state index contributed by atoms with van der Waals surface area (Å²) in [6.07, 6.45) is 10.9. The van der Waals surface area contributed by atoms with Gasteiger partial charge in [-0.05, 0) is 47.2 Å². The van der Waals surface area contributed by atoms with Crippen LogP contribution in [0, 0.1) is 0 Å². The van der Waals surface area contributed by atoms with Crippen LogP contribution in [0.3, 0.4) is 0 Å². The highest BCUT2D eigenvalue weighted by atomic mass is 79.9. The summed E-state index contributed by atoms with van der Waals surface area (Å²) < 4.78 is 1.45. The van der Waals surface area contributed by atoms with Gasteiger partial charge in [0.2, 0.25) is 0 Å². The van der Waals surface area contributed by atoms with Crippen LogP contribution < -0.4 is 5.32 Å². The average Bonchev–Trinajstić information content (AvgIpc) is 2.39. The molecule has 0 aliphatic heterocycles. The first kappa shape index (κ1) is 13.2. The van der Waals surface area contributed by atoms with Crippen molar-refractivity contribution in [2.75, 3.05) is 18.1 Å². The Morgan fingerprint density at radius 3 is 2.71 bits per heavy atom. The number of pyridine rings is 1. The summed E-state index contributed by atoms with van der Waals surface area (Å²) in [5.74, 6) is 0.979. The Morgan fingerprint density at radius 1 is 1.35 bits per heavy atom. The van der Waals surface area contributed by atoms with Crippen LogP contribution in [0.5, 0.6) is 0 Å². The van der Waals surface area contributed by atoms with Gasteiger partial charge in [-0.3, -0.25) is 0 Å². The molecule has 1 heterocycles. The van der Waals surface area contributed by atoms with Gasteiger partial charge in [0, 0.05) is 22.0 Å². The van der Waals surface area contributed by atoms with Gasteiger partial charge in [0.25, 0.3) is 0 Å². The normalized spacial score (nSPS) is 18.9. The van der Waals surface area contributed by atoms with E-state index in [1.807, 2.05) is 30.1 Å². The molecule has 1 aliphatic carbocycles. The summed E-state index contributed by atoms with van der Waals surface area (Å²) in [4.78, 5) is 4.36. The second-order valence-corrected chi connectivity index (χ2v) is 6.85. The Kier molecular flexibility index (Phi) is 4.74. The molecule has 0 amide bonds. The maximum absolute atomic E-state index is 4.36. The fourth-order valence-electron chi connectivity index (χ4n) is 2.38. The van der Waals surface area contributed by atoms with Crippen molar-refractivity contribution in [1.29, 1.82) is 0 Å². The molecule has 1 N–H and O–H groups in total. The summed E-state index contributed by atoms with van der Waals surface area (Å²) in [5, 5.41) is 3.48. The topological polar surface area (TPSA) is 24.9 Å². The lowest BCUT2D eigenvalue weighted by atomic mass is 9.88. The molecule has 0 aromatic carbocycles. The van der Waals surface area contributed by atoms with Crippen LogP contribution in [-0.2, 0) is 0 Å². The smallest absolute Gasteiger partial charge is 0.126 e. The van der Waals surface area contributed by atoms with Crippen LogP contribution in [0.1, 0.15) is 32.1 Å². The van der Waals surface area contributed by atoms with Gasteiger partial charge in [-0.15, -0.1) is 0 Å². The number of nitrogens with zero attached hydrogens (tertiary/aromatic N) is 1. The number of nitrogens with one attached hydrogen (secondary N) is 1. The van der Waals surface area contributed by atoms with E-state index in [2.05, 4.69) is 32.5 Å². The molecule has 94 valence electrons. The van der Waals surface area contributed by atoms with Gasteiger partial charge in [0.05, 0.1) is 0 Å². The van der Waals surface area contributed by atoms with E-state index in [1.165, 1.54) is 32.1 Å². The highest BCUT2D eigenvalue weighted by Crippen LogP contribution is 2.38. The number of halogens is 1. The molecule has 0 radical (unpaired) electrons. The first-order valence-corrected chi connectivity index (χ1v) is 8.16. The van der Waals surface area contributed by atoms with Crippen LogP contribution >= 0.6 is 27.7 Å². The number of hydrogen-bond donors (Lipinski definition) is 1. The highest BCUT2D eigenvalue weighted by Gasteiger charge is 2.30. The Morgan fingerprint density at radius 2 is 2.12 bits per heavy atom. The predicted octanol–water partition coefficient (Wildman–Crippen LogP) is 4.32. The summed E-state index contributed by atoms with van der Waals surface area (Å²) in [6, 6.07) is 4.06. The van der Waals surface area contributed by atoms with E-state index in [-0.39, 0.29) is 0 Å². The molecule has 4 heteroatoms. The lowest BCUT2D eigenvalue weighted by Gasteiger charge is -2.36. The molecular weight excluding hydrogens is 296 g/mol. The van der Waals surface area contributed by atoms with Gasteiger partial charge in [-0.25, -0.2) is 4.98 Å². The van der Waals surface area contributed by atoms with Gasteiger partial charge in [0.15, 0.2) is 0 Å². The first-order chi connectivity index (χ1) is 8.24. The molecule has 1 fully saturated rings. The summed E-state index contributed by atoms with van der Waals surface area (Å²) in [6.45, 7) is 1.03. The molecule has 1 aromatic rings. The predicted molar refractivity (Wildman–Crippen MR) is 79.8 cm³/mol. The molecule has 17 heavy (non-hydrogen) atoms. The number of thioether (sulfide) groups is 1. The average molecular weight is 315 g/mol. The van der Waals surface area contributed by atoms with Crippen molar-refractivity contribution in [1.82, 2.24) is 4.98 Å². The fourth-order valence-corrected chi connectivity index (χ4v) is 3.53. The SMILES string of the molecule is CSC1(CNc2ccc(Br)cn2)CCCCC1. The molecule has 0 unspecified atom stereocenters. The number of aromatic nitrogens is 1. The van der Waals surface area contributed by atoms with Crippen molar-refractivity contribution in [3.8, 4) is 0 Å². The van der Waals surface area contributed by atoms with Crippen LogP contribution in [0.4, 0.5) is 5.82 Å². The summed E-state index contributed by atoms with van der Waals surface area (Å²) in [7, 11) is 0. The molecule has 0 atom stereocenters. The third-order valence-corrected chi connectivity index (χ3v) is 5.40. The van der Waals surface area contributed by atoms with Gasteiger partial charge in [0.1, 0.15) is 5.82 Å². The van der Waals surface area contributed by atoms with E-state index in [1.54, 1.807) is 0 Å². The third-order valence-electron chi connectivity index (χ3n) is 3.52. The Labute approximate surface area is 116 Å². The van der Waals surface area contributed by atoms with E-state index < -0.39 is 0 Å². The van der Waals surface area contributed by atoms with E-state index in [9.17, 15) is 0 Å². The van der Waals surface area contributed by atoms with E-state index in [0.29, 0.717) is 4.75 Å². The van der Waals surface area contributed by atoms with Crippen LogP contribution in [-0.4, -0.2) is 22.5 Å². The molecular formula is C13H19BrN2S. The molecule has 1 aromatic heterocycles. The minimum Gasteiger partial charge on any atom is -0.369 e. The maximum atomic E-state index is 4.36. The zero-order valence-corrected chi connectivity index (χ0v) is 12.6. The number of anilines is 1. The van der Waals surface area contributed by atoms with Crippen LogP contribution in [0.15, 0.2) is 22.8 Å². The van der Waals surface area contributed by atoms with Crippen molar-refractivity contribution in [2.24, 2.45) is 0 Å². The zero-order valence-electron chi connectivity index (χ0n) is 10.2. The van der Waals surface area contributed by atoms with Crippen molar-refractivity contribution >= 4 is 33.5 Å². The quantitative estimate of drug-likeness (QED) is 0.895. The lowest BCUT2D eigenvalue weighted by Crippen LogP contribution is -2.35. The second kappa shape index (κ2) is 6.10. The Balaban J connectivity index is 1.93. The zero-order chi connectivity index (χ0) is 12.1. The molecule has 0 spiro atoms. The molecule has 2 nitrogen and oxygen atoms in total. The Bertz CT molecular complexity index is 347. The van der Waals surface area contributed by atoms with Gasteiger partial charge in [-0.2, -0.15) is 11.8 Å². The minimum atomic E-state index is 0.424. The van der Waals surface area contributed by atoms with E-state index in [4.69, 9.17) is 0 Å². The lowest BCUT2D eigenvalue weighted by molar-refractivity contribution is 0.411. The summed E-state index contributed by atoms with van der Waals surface area (Å²) >= 11 is 5.42. The van der Waals surface area contributed by atoms with Crippen molar-refractivity contribution < 1.29 is 0 Å². The minimum absolute atomic E-state index is 0.424. The van der Waals surface area contributed by atoms with Crippen molar-refractivity contribution in [2.45, 2.75) is 36.9 Å². The van der Waals surface area contributed by atoms with Gasteiger partial charge >= 0.3 is 0 Å². The molecule has 1 aliphatic rings.